The molecule has 0 aliphatic carbocycles. The van der Waals surface area contributed by atoms with Crippen molar-refractivity contribution in [3.05, 3.63) is 35.9 Å². The molecular weight excluding hydrogens is 210 g/mol. The third-order valence-electron chi connectivity index (χ3n) is 1.92. The molecule has 0 saturated heterocycles. The van der Waals surface area contributed by atoms with E-state index < -0.39 is 24.5 Å². The maximum absolute atomic E-state index is 11.0. The fourth-order valence-corrected chi connectivity index (χ4v) is 1.19. The molecule has 0 spiro atoms. The van der Waals surface area contributed by atoms with Crippen LogP contribution in [0.2, 0.25) is 1.41 Å². The minimum Gasteiger partial charge on any atom is -0.480 e. The molecule has 3 N–H and O–H groups in total. The topological polar surface area (TPSA) is 86.6 Å². The Hall–Kier alpha value is -1.88. The second-order valence-electron chi connectivity index (χ2n) is 3.16. The molecular formula is C11H13NO4. The summed E-state index contributed by atoms with van der Waals surface area (Å²) in [4.78, 5) is 21.6. The van der Waals surface area contributed by atoms with Gasteiger partial charge in [-0.2, -0.15) is 0 Å². The lowest BCUT2D eigenvalue weighted by Gasteiger charge is -2.12. The minimum absolute atomic E-state index is 0.0255. The minimum atomic E-state index is -1.92. The fourth-order valence-electron chi connectivity index (χ4n) is 1.19. The van der Waals surface area contributed by atoms with Crippen LogP contribution in [0, 0.1) is 0 Å². The van der Waals surface area contributed by atoms with Gasteiger partial charge >= 0.3 is 11.9 Å². The second kappa shape index (κ2) is 5.87. The van der Waals surface area contributed by atoms with Gasteiger partial charge in [0, 0.05) is 0 Å². The van der Waals surface area contributed by atoms with Crippen LogP contribution >= 0.6 is 0 Å². The van der Waals surface area contributed by atoms with Crippen molar-refractivity contribution in [2.24, 2.45) is 0 Å². The van der Waals surface area contributed by atoms with E-state index in [1.807, 2.05) is 0 Å². The molecule has 1 aromatic carbocycles. The zero-order valence-electron chi connectivity index (χ0n) is 10.4. The van der Waals surface area contributed by atoms with Crippen molar-refractivity contribution >= 4 is 11.9 Å². The van der Waals surface area contributed by atoms with Crippen molar-refractivity contribution in [3.63, 3.8) is 0 Å². The number of benzene rings is 1. The van der Waals surface area contributed by atoms with Crippen molar-refractivity contribution in [2.75, 3.05) is 6.52 Å². The highest BCUT2D eigenvalue weighted by molar-refractivity contribution is 5.75. The van der Waals surface area contributed by atoms with Gasteiger partial charge in [-0.15, -0.1) is 0 Å². The van der Waals surface area contributed by atoms with Gasteiger partial charge in [0.1, 0.15) is 7.45 Å². The molecule has 1 rings (SSSR count). The van der Waals surface area contributed by atoms with Crippen molar-refractivity contribution in [2.45, 2.75) is 12.5 Å². The Morgan fingerprint density at radius 3 is 2.50 bits per heavy atom. The number of hydrogen-bond donors (Lipinski definition) is 3. The molecule has 0 aliphatic heterocycles. The van der Waals surface area contributed by atoms with Gasteiger partial charge in [0.2, 0.25) is 0 Å². The van der Waals surface area contributed by atoms with Crippen LogP contribution in [0.3, 0.4) is 0 Å². The lowest BCUT2D eigenvalue weighted by Crippen LogP contribution is -2.41. The average molecular weight is 225 g/mol. The van der Waals surface area contributed by atoms with Gasteiger partial charge < -0.3 is 10.2 Å². The Labute approximate surface area is 95.6 Å². The molecule has 5 heteroatoms. The highest BCUT2D eigenvalue weighted by Gasteiger charge is 2.17. The van der Waals surface area contributed by atoms with E-state index >= 15 is 0 Å². The van der Waals surface area contributed by atoms with Gasteiger partial charge in [0.15, 0.2) is 0 Å². The van der Waals surface area contributed by atoms with Crippen LogP contribution in [0.4, 0.5) is 0 Å². The normalized spacial score (nSPS) is 16.1. The summed E-state index contributed by atoms with van der Waals surface area (Å²) in [6, 6.07) is 7.21. The van der Waals surface area contributed by atoms with Gasteiger partial charge in [-0.1, -0.05) is 30.3 Å². The predicted octanol–water partition coefficient (Wildman–Crippen LogP) is 0.356. The molecule has 1 aromatic rings. The molecule has 0 bridgehead atoms. The van der Waals surface area contributed by atoms with Crippen LogP contribution in [-0.4, -0.2) is 34.7 Å². The standard InChI is InChI=1S/C11H13NO4/c13-10(14)7-12-9(11(15)16)6-8-4-2-1-3-5-8/h1-5,9,12H,6-7H2,(H,13,14)(H,15,16)/t9-/m0/s1/i7D/hD/t7?,9-. The number of nitrogens with one attached hydrogen (secondary N) is 1. The van der Waals surface area contributed by atoms with E-state index in [2.05, 4.69) is 0 Å². The number of carbonyl (C=O) groups is 2. The van der Waals surface area contributed by atoms with E-state index in [4.69, 9.17) is 13.0 Å². The maximum atomic E-state index is 11.0. The Morgan fingerprint density at radius 2 is 2.00 bits per heavy atom. The third-order valence-corrected chi connectivity index (χ3v) is 1.92. The summed E-state index contributed by atoms with van der Waals surface area (Å²) in [5.74, 6) is -2.88. The average Bonchev–Trinajstić information content (AvgIpc) is 2.35. The van der Waals surface area contributed by atoms with Crippen LogP contribution in [0.5, 0.6) is 0 Å². The molecule has 16 heavy (non-hydrogen) atoms. The molecule has 0 saturated carbocycles. The molecule has 0 radical (unpaired) electrons. The van der Waals surface area contributed by atoms with Gasteiger partial charge in [-0.3, -0.25) is 14.9 Å². The van der Waals surface area contributed by atoms with E-state index in [0.717, 1.165) is 0 Å². The second-order valence-corrected chi connectivity index (χ2v) is 3.16. The lowest BCUT2D eigenvalue weighted by atomic mass is 10.1. The van der Waals surface area contributed by atoms with E-state index in [1.165, 1.54) is 0 Å². The SMILES string of the molecule is [2H]C(C(=O)O)N([2H])[C@@H](Cc1ccccc1)C(=O)O. The van der Waals surface area contributed by atoms with Crippen molar-refractivity contribution in [1.29, 1.82) is 0 Å². The van der Waals surface area contributed by atoms with Crippen LogP contribution in [0.15, 0.2) is 30.3 Å². The van der Waals surface area contributed by atoms with E-state index in [0.29, 0.717) is 5.56 Å². The highest BCUT2D eigenvalue weighted by atomic mass is 16.4. The fraction of sp³-hybridized carbons (Fsp3) is 0.273. The molecule has 2 atom stereocenters. The van der Waals surface area contributed by atoms with E-state index in [-0.39, 0.29) is 11.7 Å². The summed E-state index contributed by atoms with van der Waals surface area (Å²) in [6.07, 6.45) is -0.0255. The highest BCUT2D eigenvalue weighted by Crippen LogP contribution is 2.03. The first kappa shape index (κ1) is 9.35. The van der Waals surface area contributed by atoms with Crippen LogP contribution < -0.4 is 5.31 Å². The van der Waals surface area contributed by atoms with Crippen molar-refractivity contribution < 1.29 is 22.6 Å². The number of carboxylic acids is 2. The van der Waals surface area contributed by atoms with Gasteiger partial charge in [-0.05, 0) is 12.0 Å². The number of rotatable bonds is 6. The molecule has 0 aromatic heterocycles. The maximum Gasteiger partial charge on any atom is 0.321 e. The summed E-state index contributed by atoms with van der Waals surface area (Å²) >= 11 is 0. The summed E-state index contributed by atoms with van der Waals surface area (Å²) in [6.45, 7) is -1.92. The quantitative estimate of drug-likeness (QED) is 0.650. The monoisotopic (exact) mass is 225 g/mol. The Balaban J connectivity index is 2.84. The predicted molar refractivity (Wildman–Crippen MR) is 57.2 cm³/mol. The largest absolute Gasteiger partial charge is 0.480 e. The first-order valence-electron chi connectivity index (χ1n) is 5.65. The summed E-state index contributed by atoms with van der Waals surface area (Å²) in [7, 11) is 0. The first-order chi connectivity index (χ1) is 8.43. The number of hydrogen-bond acceptors (Lipinski definition) is 3. The lowest BCUT2D eigenvalue weighted by molar-refractivity contribution is -0.140. The molecule has 1 unspecified atom stereocenters. The third kappa shape index (κ3) is 4.10. The van der Waals surface area contributed by atoms with Gasteiger partial charge in [0.05, 0.1) is 7.89 Å². The van der Waals surface area contributed by atoms with Crippen LogP contribution in [0.25, 0.3) is 0 Å². The zero-order valence-corrected chi connectivity index (χ0v) is 8.41. The van der Waals surface area contributed by atoms with Crippen LogP contribution in [0.1, 0.15) is 6.93 Å². The zero-order chi connectivity index (χ0) is 13.7. The van der Waals surface area contributed by atoms with E-state index in [1.54, 1.807) is 30.3 Å². The van der Waals surface area contributed by atoms with Crippen molar-refractivity contribution in [3.8, 4) is 0 Å². The Bertz CT molecular complexity index is 426. The summed E-state index contributed by atoms with van der Waals surface area (Å²) in [5, 5.41) is 17.9. The summed E-state index contributed by atoms with van der Waals surface area (Å²) in [5.41, 5.74) is 0.666. The smallest absolute Gasteiger partial charge is 0.321 e. The molecule has 5 nitrogen and oxygen atoms in total. The molecule has 0 fully saturated rings. The Morgan fingerprint density at radius 1 is 1.38 bits per heavy atom. The number of carboxylic acid groups (broad SMARTS) is 2. The first-order valence-corrected chi connectivity index (χ1v) is 4.62. The van der Waals surface area contributed by atoms with E-state index in [9.17, 15) is 9.59 Å². The van der Waals surface area contributed by atoms with Crippen LogP contribution in [-0.2, 0) is 16.0 Å². The molecule has 0 amide bonds. The Kier molecular flexibility index (Phi) is 3.43. The molecule has 0 aliphatic rings. The number of aliphatic carboxylic acids is 2. The molecule has 86 valence electrons. The van der Waals surface area contributed by atoms with Gasteiger partial charge in [0.25, 0.3) is 0 Å². The summed E-state index contributed by atoms with van der Waals surface area (Å²) < 4.78 is 14.6. The molecule has 0 heterocycles. The van der Waals surface area contributed by atoms with Gasteiger partial charge in [-0.25, -0.2) is 0 Å². The van der Waals surface area contributed by atoms with Crippen molar-refractivity contribution in [1.82, 2.24) is 5.31 Å².